The van der Waals surface area contributed by atoms with Gasteiger partial charge >= 0.3 is 0 Å². The average Bonchev–Trinajstić information content (AvgIpc) is 2.41. The molecule has 0 radical (unpaired) electrons. The number of nitrogens with two attached hydrogens (primary N) is 1. The number of nitrogens with zero attached hydrogens (tertiary/aromatic N) is 1. The van der Waals surface area contributed by atoms with Gasteiger partial charge in [-0.1, -0.05) is 42.8 Å². The summed E-state index contributed by atoms with van der Waals surface area (Å²) in [5, 5.41) is 3.64. The number of aryl methyl sites for hydroxylation is 1. The maximum absolute atomic E-state index is 6.03. The lowest BCUT2D eigenvalue weighted by molar-refractivity contribution is 1.14. The lowest BCUT2D eigenvalue weighted by Gasteiger charge is -2.07. The predicted octanol–water partition coefficient (Wildman–Crippen LogP) is 4.38. The highest BCUT2D eigenvalue weighted by molar-refractivity contribution is 6.33. The summed E-state index contributed by atoms with van der Waals surface area (Å²) < 4.78 is 0. The fourth-order valence-electron chi connectivity index (χ4n) is 1.72. The first-order valence-electron chi connectivity index (χ1n) is 6.13. The second-order valence-electron chi connectivity index (χ2n) is 4.13. The molecular weight excluding hydrogens is 293 g/mol. The van der Waals surface area contributed by atoms with Crippen molar-refractivity contribution < 1.29 is 0 Å². The Hall–Kier alpha value is -1.71. The summed E-state index contributed by atoms with van der Waals surface area (Å²) in [6.07, 6.45) is 0.983. The van der Waals surface area contributed by atoms with Gasteiger partial charge in [-0.15, -0.1) is 12.4 Å². The summed E-state index contributed by atoms with van der Waals surface area (Å²) in [4.78, 5) is 4.26. The molecule has 0 aromatic heterocycles. The zero-order chi connectivity index (χ0) is 13.7. The van der Waals surface area contributed by atoms with E-state index in [0.29, 0.717) is 16.7 Å². The van der Waals surface area contributed by atoms with Gasteiger partial charge in [0.05, 0.1) is 10.7 Å². The minimum atomic E-state index is 0. The number of benzene rings is 2. The van der Waals surface area contributed by atoms with Gasteiger partial charge in [0.2, 0.25) is 0 Å². The highest BCUT2D eigenvalue weighted by atomic mass is 35.5. The molecule has 20 heavy (non-hydrogen) atoms. The molecule has 106 valence electrons. The molecule has 3 N–H and O–H groups in total. The van der Waals surface area contributed by atoms with Gasteiger partial charge in [-0.25, -0.2) is 4.99 Å². The molecule has 5 heteroatoms. The second kappa shape index (κ2) is 7.78. The first-order chi connectivity index (χ1) is 9.19. The average molecular weight is 310 g/mol. The molecule has 3 nitrogen and oxygen atoms in total. The summed E-state index contributed by atoms with van der Waals surface area (Å²) in [5.41, 5.74) is 8.70. The summed E-state index contributed by atoms with van der Waals surface area (Å²) in [6, 6.07) is 15.4. The van der Waals surface area contributed by atoms with Gasteiger partial charge in [0.1, 0.15) is 0 Å². The molecule has 0 saturated heterocycles. The van der Waals surface area contributed by atoms with Gasteiger partial charge in [0.15, 0.2) is 5.96 Å². The fourth-order valence-corrected chi connectivity index (χ4v) is 1.89. The summed E-state index contributed by atoms with van der Waals surface area (Å²) in [7, 11) is 0. The standard InChI is InChI=1S/C15H16ClN3.ClH/c1-2-11-6-5-7-12(10-11)18-15(17)19-14-9-4-3-8-13(14)16;/h3-10H,2H2,1H3,(H3,17,18,19);1H. The Morgan fingerprint density at radius 2 is 1.95 bits per heavy atom. The molecule has 2 aromatic carbocycles. The molecule has 0 bridgehead atoms. The van der Waals surface area contributed by atoms with Crippen molar-refractivity contribution in [2.24, 2.45) is 10.7 Å². The molecule has 0 aliphatic heterocycles. The van der Waals surface area contributed by atoms with E-state index in [9.17, 15) is 0 Å². The number of hydrogen-bond donors (Lipinski definition) is 2. The fraction of sp³-hybridized carbons (Fsp3) is 0.133. The van der Waals surface area contributed by atoms with Crippen LogP contribution < -0.4 is 11.1 Å². The smallest absolute Gasteiger partial charge is 0.198 e. The lowest BCUT2D eigenvalue weighted by atomic mass is 10.1. The SMILES string of the molecule is CCc1cccc(NC(N)=Nc2ccccc2Cl)c1.Cl. The minimum absolute atomic E-state index is 0. The molecular formula is C15H17Cl2N3. The number of aliphatic imine (C=N–C) groups is 1. The Balaban J connectivity index is 0.00000200. The van der Waals surface area contributed by atoms with Crippen molar-refractivity contribution in [1.82, 2.24) is 0 Å². The van der Waals surface area contributed by atoms with Gasteiger partial charge in [0.25, 0.3) is 0 Å². The van der Waals surface area contributed by atoms with Crippen molar-refractivity contribution in [2.75, 3.05) is 5.32 Å². The maximum Gasteiger partial charge on any atom is 0.198 e. The molecule has 0 saturated carbocycles. The van der Waals surface area contributed by atoms with Crippen LogP contribution in [0, 0.1) is 0 Å². The van der Waals surface area contributed by atoms with Crippen LogP contribution in [0.1, 0.15) is 12.5 Å². The first-order valence-corrected chi connectivity index (χ1v) is 6.51. The molecule has 2 aromatic rings. The van der Waals surface area contributed by atoms with Crippen LogP contribution in [0.25, 0.3) is 0 Å². The van der Waals surface area contributed by atoms with E-state index in [0.717, 1.165) is 12.1 Å². The third kappa shape index (κ3) is 4.44. The highest BCUT2D eigenvalue weighted by Gasteiger charge is 2.00. The van der Waals surface area contributed by atoms with Crippen LogP contribution >= 0.6 is 24.0 Å². The lowest BCUT2D eigenvalue weighted by Crippen LogP contribution is -2.22. The third-order valence-electron chi connectivity index (χ3n) is 2.70. The van der Waals surface area contributed by atoms with E-state index in [1.807, 2.05) is 30.3 Å². The van der Waals surface area contributed by atoms with Crippen LogP contribution in [0.15, 0.2) is 53.5 Å². The van der Waals surface area contributed by atoms with E-state index >= 15 is 0 Å². The van der Waals surface area contributed by atoms with Gasteiger partial charge in [-0.2, -0.15) is 0 Å². The minimum Gasteiger partial charge on any atom is -0.369 e. The van der Waals surface area contributed by atoms with Gasteiger partial charge in [-0.05, 0) is 36.2 Å². The first kappa shape index (κ1) is 16.3. The predicted molar refractivity (Wildman–Crippen MR) is 89.4 cm³/mol. The molecule has 0 amide bonds. The van der Waals surface area contributed by atoms with E-state index in [1.54, 1.807) is 6.07 Å². The van der Waals surface area contributed by atoms with Crippen molar-refractivity contribution in [3.05, 3.63) is 59.1 Å². The van der Waals surface area contributed by atoms with Crippen LogP contribution in [0.4, 0.5) is 11.4 Å². The summed E-state index contributed by atoms with van der Waals surface area (Å²) >= 11 is 6.03. The number of anilines is 1. The van der Waals surface area contributed by atoms with Crippen molar-refractivity contribution >= 4 is 41.3 Å². The number of hydrogen-bond acceptors (Lipinski definition) is 1. The van der Waals surface area contributed by atoms with E-state index < -0.39 is 0 Å². The van der Waals surface area contributed by atoms with Crippen molar-refractivity contribution in [3.63, 3.8) is 0 Å². The highest BCUT2D eigenvalue weighted by Crippen LogP contribution is 2.23. The Morgan fingerprint density at radius 1 is 1.20 bits per heavy atom. The largest absolute Gasteiger partial charge is 0.369 e. The molecule has 0 heterocycles. The summed E-state index contributed by atoms with van der Waals surface area (Å²) in [6.45, 7) is 2.11. The van der Waals surface area contributed by atoms with Crippen molar-refractivity contribution in [3.8, 4) is 0 Å². The van der Waals surface area contributed by atoms with Gasteiger partial charge < -0.3 is 11.1 Å². The van der Waals surface area contributed by atoms with E-state index in [1.165, 1.54) is 5.56 Å². The van der Waals surface area contributed by atoms with Crippen LogP contribution in [-0.4, -0.2) is 5.96 Å². The number of guanidine groups is 1. The molecule has 0 spiro atoms. The molecule has 0 fully saturated rings. The Labute approximate surface area is 130 Å². The number of halogens is 2. The van der Waals surface area contributed by atoms with E-state index in [-0.39, 0.29) is 12.4 Å². The molecule has 0 atom stereocenters. The normalized spacial score (nSPS) is 10.8. The van der Waals surface area contributed by atoms with Crippen molar-refractivity contribution in [2.45, 2.75) is 13.3 Å². The molecule has 0 aliphatic rings. The monoisotopic (exact) mass is 309 g/mol. The van der Waals surface area contributed by atoms with Gasteiger partial charge in [0, 0.05) is 5.69 Å². The summed E-state index contributed by atoms with van der Waals surface area (Å²) in [5.74, 6) is 0.321. The zero-order valence-electron chi connectivity index (χ0n) is 11.1. The second-order valence-corrected chi connectivity index (χ2v) is 4.53. The van der Waals surface area contributed by atoms with Crippen LogP contribution in [0.5, 0.6) is 0 Å². The Kier molecular flexibility index (Phi) is 6.36. The number of rotatable bonds is 3. The van der Waals surface area contributed by atoms with Crippen LogP contribution in [0.3, 0.4) is 0 Å². The van der Waals surface area contributed by atoms with Crippen LogP contribution in [0.2, 0.25) is 5.02 Å². The van der Waals surface area contributed by atoms with Crippen LogP contribution in [-0.2, 0) is 6.42 Å². The molecule has 0 aliphatic carbocycles. The maximum atomic E-state index is 6.03. The quantitative estimate of drug-likeness (QED) is 0.653. The Morgan fingerprint density at radius 3 is 2.65 bits per heavy atom. The van der Waals surface area contributed by atoms with E-state index in [4.69, 9.17) is 17.3 Å². The number of nitrogens with one attached hydrogen (secondary N) is 1. The number of para-hydroxylation sites is 1. The zero-order valence-corrected chi connectivity index (χ0v) is 12.7. The molecule has 0 unspecified atom stereocenters. The molecule has 2 rings (SSSR count). The Bertz CT molecular complexity index is 597. The third-order valence-corrected chi connectivity index (χ3v) is 3.02. The van der Waals surface area contributed by atoms with Crippen molar-refractivity contribution in [1.29, 1.82) is 0 Å². The van der Waals surface area contributed by atoms with Gasteiger partial charge in [-0.3, -0.25) is 0 Å². The topological polar surface area (TPSA) is 50.4 Å². The van der Waals surface area contributed by atoms with E-state index in [2.05, 4.69) is 29.4 Å².